The van der Waals surface area contributed by atoms with Gasteiger partial charge in [0, 0.05) is 1.37 Å². The molecule has 2 rings (SSSR count). The minimum Gasteiger partial charge on any atom is -0.0882 e. The lowest BCUT2D eigenvalue weighted by atomic mass is 9.69. The summed E-state index contributed by atoms with van der Waals surface area (Å²) >= 11 is 0. The summed E-state index contributed by atoms with van der Waals surface area (Å²) in [6.07, 6.45) is 8.47. The molecule has 0 bridgehead atoms. The Hall–Kier alpha value is -0.260. The van der Waals surface area contributed by atoms with E-state index in [1.807, 2.05) is 0 Å². The number of rotatable bonds is 0. The van der Waals surface area contributed by atoms with Gasteiger partial charge in [-0.05, 0) is 37.5 Å². The van der Waals surface area contributed by atoms with Crippen LogP contribution >= 0.6 is 0 Å². The minimum absolute atomic E-state index is 0.278. The third-order valence-corrected chi connectivity index (χ3v) is 2.31. The standard InChI is InChI=1S/C8H12/c1-2-4-8-6-5-7(8)3-1/h1,3,7-8H,2,4-6H2/t7-,8+/m0/s1/i6D/t6-,7-,8+. The molecule has 2 aliphatic carbocycles. The molecule has 2 aliphatic rings. The Balaban J connectivity index is 2.06. The van der Waals surface area contributed by atoms with Crippen LogP contribution in [-0.4, -0.2) is 0 Å². The number of fused-ring (bicyclic) bond motifs is 1. The van der Waals surface area contributed by atoms with Gasteiger partial charge < -0.3 is 0 Å². The lowest BCUT2D eigenvalue weighted by Gasteiger charge is -2.36. The van der Waals surface area contributed by atoms with Gasteiger partial charge >= 0.3 is 0 Å². The Kier molecular flexibility index (Phi) is 0.746. The van der Waals surface area contributed by atoms with Gasteiger partial charge in [-0.2, -0.15) is 0 Å². The highest BCUT2D eigenvalue weighted by molar-refractivity contribution is 5.01. The van der Waals surface area contributed by atoms with Crippen molar-refractivity contribution in [3.8, 4) is 0 Å². The van der Waals surface area contributed by atoms with E-state index in [2.05, 4.69) is 12.2 Å². The number of allylic oxidation sites excluding steroid dienone is 2. The van der Waals surface area contributed by atoms with E-state index in [1.165, 1.54) is 12.8 Å². The van der Waals surface area contributed by atoms with Crippen molar-refractivity contribution in [3.05, 3.63) is 12.2 Å². The molecule has 0 spiro atoms. The van der Waals surface area contributed by atoms with Crippen molar-refractivity contribution in [2.24, 2.45) is 11.8 Å². The molecule has 0 saturated heterocycles. The molecule has 0 aromatic heterocycles. The van der Waals surface area contributed by atoms with Crippen LogP contribution in [0.3, 0.4) is 0 Å². The quantitative estimate of drug-likeness (QED) is 0.419. The van der Waals surface area contributed by atoms with Crippen molar-refractivity contribution < 1.29 is 1.37 Å². The molecule has 1 fully saturated rings. The van der Waals surface area contributed by atoms with Crippen LogP contribution in [0.1, 0.15) is 27.0 Å². The van der Waals surface area contributed by atoms with Crippen LogP contribution in [0.2, 0.25) is 0 Å². The maximum absolute atomic E-state index is 7.50. The first-order valence-corrected chi connectivity index (χ1v) is 3.47. The van der Waals surface area contributed by atoms with E-state index < -0.39 is 0 Å². The van der Waals surface area contributed by atoms with E-state index in [0.717, 1.165) is 18.3 Å². The Labute approximate surface area is 52.0 Å². The number of hydrogen-bond donors (Lipinski definition) is 0. The minimum atomic E-state index is 0.278. The summed E-state index contributed by atoms with van der Waals surface area (Å²) in [5, 5.41) is 0. The van der Waals surface area contributed by atoms with Gasteiger partial charge in [-0.3, -0.25) is 0 Å². The molecule has 0 aromatic rings. The maximum atomic E-state index is 7.50. The average molecular weight is 109 g/mol. The highest BCUT2D eigenvalue weighted by Crippen LogP contribution is 2.40. The summed E-state index contributed by atoms with van der Waals surface area (Å²) < 4.78 is 7.50. The summed E-state index contributed by atoms with van der Waals surface area (Å²) in [6, 6.07) is 0. The lowest BCUT2D eigenvalue weighted by Crippen LogP contribution is -2.25. The molecular weight excluding hydrogens is 96.1 g/mol. The highest BCUT2D eigenvalue weighted by Gasteiger charge is 2.29. The van der Waals surface area contributed by atoms with E-state index in [4.69, 9.17) is 1.37 Å². The predicted octanol–water partition coefficient (Wildman–Crippen LogP) is 2.36. The zero-order valence-electron chi connectivity index (χ0n) is 6.01. The second-order valence-corrected chi connectivity index (χ2v) is 2.80. The summed E-state index contributed by atoms with van der Waals surface area (Å²) in [6.45, 7) is 0. The third kappa shape index (κ3) is 0.521. The first-order valence-electron chi connectivity index (χ1n) is 4.04. The van der Waals surface area contributed by atoms with Crippen LogP contribution in [0, 0.1) is 11.8 Å². The smallest absolute Gasteiger partial charge is 0.0270 e. The summed E-state index contributed by atoms with van der Waals surface area (Å²) in [4.78, 5) is 0. The molecule has 0 nitrogen and oxygen atoms in total. The van der Waals surface area contributed by atoms with Crippen molar-refractivity contribution in [2.75, 3.05) is 0 Å². The molecule has 0 aliphatic heterocycles. The van der Waals surface area contributed by atoms with Crippen LogP contribution in [-0.2, 0) is 0 Å². The first-order chi connectivity index (χ1) is 4.38. The lowest BCUT2D eigenvalue weighted by molar-refractivity contribution is 0.203. The van der Waals surface area contributed by atoms with Crippen molar-refractivity contribution in [1.82, 2.24) is 0 Å². The summed E-state index contributed by atoms with van der Waals surface area (Å²) in [7, 11) is 0. The van der Waals surface area contributed by atoms with Gasteiger partial charge in [0.2, 0.25) is 0 Å². The van der Waals surface area contributed by atoms with Crippen molar-refractivity contribution >= 4 is 0 Å². The molecule has 8 heavy (non-hydrogen) atoms. The second-order valence-electron chi connectivity index (χ2n) is 2.80. The van der Waals surface area contributed by atoms with Crippen LogP contribution in [0.5, 0.6) is 0 Å². The molecule has 3 atom stereocenters. The largest absolute Gasteiger partial charge is 0.0882 e. The van der Waals surface area contributed by atoms with E-state index in [9.17, 15) is 0 Å². The summed E-state index contributed by atoms with van der Waals surface area (Å²) in [5.74, 6) is 1.52. The molecule has 0 heterocycles. The Morgan fingerprint density at radius 3 is 3.12 bits per heavy atom. The molecule has 0 N–H and O–H groups in total. The van der Waals surface area contributed by atoms with Crippen molar-refractivity contribution in [1.29, 1.82) is 0 Å². The molecular formula is C8H12. The van der Waals surface area contributed by atoms with Gasteiger partial charge in [0.25, 0.3) is 0 Å². The van der Waals surface area contributed by atoms with E-state index in [0.29, 0.717) is 0 Å². The molecule has 0 heteroatoms. The summed E-state index contributed by atoms with van der Waals surface area (Å²) in [5.41, 5.74) is 0. The van der Waals surface area contributed by atoms with Crippen LogP contribution in [0.4, 0.5) is 0 Å². The fourth-order valence-corrected chi connectivity index (χ4v) is 1.60. The molecule has 0 radical (unpaired) electrons. The van der Waals surface area contributed by atoms with Gasteiger partial charge in [-0.25, -0.2) is 0 Å². The van der Waals surface area contributed by atoms with Gasteiger partial charge in [0.05, 0.1) is 0 Å². The molecule has 0 amide bonds. The fraction of sp³-hybridized carbons (Fsp3) is 0.750. The van der Waals surface area contributed by atoms with E-state index in [-0.39, 0.29) is 6.40 Å². The van der Waals surface area contributed by atoms with Gasteiger partial charge in [0.15, 0.2) is 0 Å². The SMILES string of the molecule is [2H][C@H]1C[C@@H]2C=CCC[C@H]12. The molecule has 1 saturated carbocycles. The Bertz CT molecular complexity index is 140. The van der Waals surface area contributed by atoms with Crippen molar-refractivity contribution in [2.45, 2.75) is 25.7 Å². The predicted molar refractivity (Wildman–Crippen MR) is 34.6 cm³/mol. The highest BCUT2D eigenvalue weighted by atomic mass is 14.3. The van der Waals surface area contributed by atoms with Crippen LogP contribution in [0.15, 0.2) is 12.2 Å². The Morgan fingerprint density at radius 1 is 1.50 bits per heavy atom. The second kappa shape index (κ2) is 1.61. The normalized spacial score (nSPS) is 54.0. The van der Waals surface area contributed by atoms with E-state index >= 15 is 0 Å². The van der Waals surface area contributed by atoms with Crippen LogP contribution in [0.25, 0.3) is 0 Å². The topological polar surface area (TPSA) is 0 Å². The monoisotopic (exact) mass is 109 g/mol. The van der Waals surface area contributed by atoms with Gasteiger partial charge in [0.1, 0.15) is 0 Å². The molecule has 0 unspecified atom stereocenters. The fourth-order valence-electron chi connectivity index (χ4n) is 1.60. The first kappa shape index (κ1) is 3.71. The Morgan fingerprint density at radius 2 is 2.50 bits per heavy atom. The number of hydrogen-bond acceptors (Lipinski definition) is 0. The van der Waals surface area contributed by atoms with Crippen LogP contribution < -0.4 is 0 Å². The van der Waals surface area contributed by atoms with Crippen molar-refractivity contribution in [3.63, 3.8) is 0 Å². The maximum Gasteiger partial charge on any atom is 0.0270 e. The zero-order chi connectivity index (χ0) is 6.27. The third-order valence-electron chi connectivity index (χ3n) is 2.31. The molecule has 44 valence electrons. The van der Waals surface area contributed by atoms with Gasteiger partial charge in [-0.1, -0.05) is 12.2 Å². The zero-order valence-corrected chi connectivity index (χ0v) is 5.01. The van der Waals surface area contributed by atoms with E-state index in [1.54, 1.807) is 0 Å². The van der Waals surface area contributed by atoms with Gasteiger partial charge in [-0.15, -0.1) is 0 Å². The molecule has 0 aromatic carbocycles. The average Bonchev–Trinajstić information content (AvgIpc) is 1.86.